The van der Waals surface area contributed by atoms with Crippen molar-refractivity contribution >= 4 is 11.8 Å². The molecule has 1 saturated heterocycles. The van der Waals surface area contributed by atoms with Crippen LogP contribution in [0.25, 0.3) is 0 Å². The van der Waals surface area contributed by atoms with Crippen molar-refractivity contribution in [3.8, 4) is 0 Å². The standard InChI is InChI=1S/C16H20N2O2/c19-15-9-7-13(16(20)18-15)14-8-6-12(10-17-14)11-4-2-1-3-5-11/h6,8,10-11,13H,1-5,7,9H2,(H,18,19,20). The monoisotopic (exact) mass is 272 g/mol. The second-order valence-corrected chi connectivity index (χ2v) is 5.86. The Kier molecular flexibility index (Phi) is 3.81. The number of hydrogen-bond donors (Lipinski definition) is 1. The number of nitrogens with one attached hydrogen (secondary N) is 1. The first-order chi connectivity index (χ1) is 9.74. The minimum atomic E-state index is -0.270. The Hall–Kier alpha value is -1.71. The number of amides is 2. The lowest BCUT2D eigenvalue weighted by molar-refractivity contribution is -0.134. The molecule has 1 saturated carbocycles. The molecule has 0 bridgehead atoms. The van der Waals surface area contributed by atoms with E-state index in [1.807, 2.05) is 12.3 Å². The van der Waals surface area contributed by atoms with E-state index in [9.17, 15) is 9.59 Å². The zero-order valence-corrected chi connectivity index (χ0v) is 11.6. The van der Waals surface area contributed by atoms with Gasteiger partial charge in [0.05, 0.1) is 11.6 Å². The molecule has 2 aliphatic rings. The molecule has 1 N–H and O–H groups in total. The molecule has 2 heterocycles. The summed E-state index contributed by atoms with van der Waals surface area (Å²) in [6.07, 6.45) is 9.36. The summed E-state index contributed by atoms with van der Waals surface area (Å²) in [6, 6.07) is 4.08. The zero-order valence-electron chi connectivity index (χ0n) is 11.6. The van der Waals surface area contributed by atoms with Crippen molar-refractivity contribution in [1.29, 1.82) is 0 Å². The Morgan fingerprint density at radius 3 is 2.50 bits per heavy atom. The molecule has 2 fully saturated rings. The van der Waals surface area contributed by atoms with Crippen LogP contribution in [0.3, 0.4) is 0 Å². The van der Waals surface area contributed by atoms with Gasteiger partial charge in [0.2, 0.25) is 11.8 Å². The number of rotatable bonds is 2. The van der Waals surface area contributed by atoms with Gasteiger partial charge in [0, 0.05) is 12.6 Å². The van der Waals surface area contributed by atoms with Crippen LogP contribution in [-0.4, -0.2) is 16.8 Å². The van der Waals surface area contributed by atoms with Gasteiger partial charge in [-0.2, -0.15) is 0 Å². The number of nitrogens with zero attached hydrogens (tertiary/aromatic N) is 1. The molecule has 1 unspecified atom stereocenters. The molecule has 2 amide bonds. The van der Waals surface area contributed by atoms with Crippen molar-refractivity contribution < 1.29 is 9.59 Å². The predicted molar refractivity (Wildman–Crippen MR) is 75.2 cm³/mol. The number of imide groups is 1. The van der Waals surface area contributed by atoms with E-state index in [0.29, 0.717) is 18.8 Å². The van der Waals surface area contributed by atoms with Gasteiger partial charge in [-0.1, -0.05) is 25.3 Å². The van der Waals surface area contributed by atoms with E-state index < -0.39 is 0 Å². The van der Waals surface area contributed by atoms with Crippen LogP contribution >= 0.6 is 0 Å². The van der Waals surface area contributed by atoms with E-state index in [4.69, 9.17) is 0 Å². The van der Waals surface area contributed by atoms with Gasteiger partial charge in [-0.25, -0.2) is 0 Å². The lowest BCUT2D eigenvalue weighted by atomic mass is 9.84. The van der Waals surface area contributed by atoms with Gasteiger partial charge in [-0.3, -0.25) is 19.9 Å². The third-order valence-corrected chi connectivity index (χ3v) is 4.48. The van der Waals surface area contributed by atoms with E-state index >= 15 is 0 Å². The molecule has 0 radical (unpaired) electrons. The SMILES string of the molecule is O=C1CCC(c2ccc(C3CCCCC3)cn2)C(=O)N1. The highest BCUT2D eigenvalue weighted by molar-refractivity contribution is 6.00. The first-order valence-electron chi connectivity index (χ1n) is 7.53. The summed E-state index contributed by atoms with van der Waals surface area (Å²) < 4.78 is 0. The molecule has 0 spiro atoms. The number of piperidine rings is 1. The second-order valence-electron chi connectivity index (χ2n) is 5.86. The van der Waals surface area contributed by atoms with Gasteiger partial charge >= 0.3 is 0 Å². The molecular formula is C16H20N2O2. The van der Waals surface area contributed by atoms with E-state index in [-0.39, 0.29) is 17.7 Å². The van der Waals surface area contributed by atoms with Gasteiger partial charge < -0.3 is 0 Å². The first kappa shape index (κ1) is 13.3. The van der Waals surface area contributed by atoms with Gasteiger partial charge in [0.25, 0.3) is 0 Å². The van der Waals surface area contributed by atoms with Crippen LogP contribution in [0.4, 0.5) is 0 Å². The van der Waals surface area contributed by atoms with E-state index in [1.165, 1.54) is 37.7 Å². The third-order valence-electron chi connectivity index (χ3n) is 4.48. The fourth-order valence-corrected chi connectivity index (χ4v) is 3.28. The maximum Gasteiger partial charge on any atom is 0.235 e. The molecule has 4 nitrogen and oxygen atoms in total. The molecule has 3 rings (SSSR count). The number of pyridine rings is 1. The van der Waals surface area contributed by atoms with Crippen LogP contribution < -0.4 is 5.32 Å². The average molecular weight is 272 g/mol. The number of hydrogen-bond acceptors (Lipinski definition) is 3. The average Bonchev–Trinajstić information content (AvgIpc) is 2.48. The van der Waals surface area contributed by atoms with Crippen LogP contribution in [0.15, 0.2) is 18.3 Å². The molecule has 1 aliphatic carbocycles. The number of aromatic nitrogens is 1. The summed E-state index contributed by atoms with van der Waals surface area (Å²) in [5.74, 6) is -0.0237. The van der Waals surface area contributed by atoms with Crippen LogP contribution in [0, 0.1) is 0 Å². The Morgan fingerprint density at radius 1 is 1.05 bits per heavy atom. The Morgan fingerprint density at radius 2 is 1.85 bits per heavy atom. The summed E-state index contributed by atoms with van der Waals surface area (Å²) in [4.78, 5) is 27.5. The Bertz CT molecular complexity index is 504. The Labute approximate surface area is 119 Å². The smallest absolute Gasteiger partial charge is 0.235 e. The van der Waals surface area contributed by atoms with Gasteiger partial charge in [-0.15, -0.1) is 0 Å². The predicted octanol–water partition coefficient (Wildman–Crippen LogP) is 2.65. The van der Waals surface area contributed by atoms with Crippen molar-refractivity contribution in [3.63, 3.8) is 0 Å². The van der Waals surface area contributed by atoms with Crippen LogP contribution in [-0.2, 0) is 9.59 Å². The zero-order chi connectivity index (χ0) is 13.9. The van der Waals surface area contributed by atoms with Crippen molar-refractivity contribution in [2.24, 2.45) is 0 Å². The summed E-state index contributed by atoms with van der Waals surface area (Å²) in [7, 11) is 0. The molecule has 1 atom stereocenters. The second kappa shape index (κ2) is 5.73. The van der Waals surface area contributed by atoms with E-state index in [0.717, 1.165) is 5.69 Å². The van der Waals surface area contributed by atoms with Crippen LogP contribution in [0.5, 0.6) is 0 Å². The molecule has 1 aliphatic heterocycles. The maximum absolute atomic E-state index is 11.8. The van der Waals surface area contributed by atoms with Gasteiger partial charge in [-0.05, 0) is 36.8 Å². The lowest BCUT2D eigenvalue weighted by Gasteiger charge is -2.23. The van der Waals surface area contributed by atoms with Crippen molar-refractivity contribution in [2.45, 2.75) is 56.8 Å². The normalized spacial score (nSPS) is 24.5. The molecule has 106 valence electrons. The third kappa shape index (κ3) is 2.74. The maximum atomic E-state index is 11.8. The van der Waals surface area contributed by atoms with Crippen LogP contribution in [0.1, 0.15) is 68.0 Å². The molecular weight excluding hydrogens is 252 g/mol. The Balaban J connectivity index is 1.72. The lowest BCUT2D eigenvalue weighted by Crippen LogP contribution is -2.39. The summed E-state index contributed by atoms with van der Waals surface area (Å²) >= 11 is 0. The molecule has 20 heavy (non-hydrogen) atoms. The summed E-state index contributed by atoms with van der Waals surface area (Å²) in [5.41, 5.74) is 2.08. The fourth-order valence-electron chi connectivity index (χ4n) is 3.28. The van der Waals surface area contributed by atoms with Gasteiger partial charge in [0.1, 0.15) is 0 Å². The highest BCUT2D eigenvalue weighted by Crippen LogP contribution is 2.33. The van der Waals surface area contributed by atoms with E-state index in [1.54, 1.807) is 0 Å². The fraction of sp³-hybridized carbons (Fsp3) is 0.562. The number of carbonyl (C=O) groups is 2. The number of carbonyl (C=O) groups excluding carboxylic acids is 2. The molecule has 0 aromatic carbocycles. The van der Waals surface area contributed by atoms with Crippen molar-refractivity contribution in [2.75, 3.05) is 0 Å². The minimum Gasteiger partial charge on any atom is -0.296 e. The largest absolute Gasteiger partial charge is 0.296 e. The summed E-state index contributed by atoms with van der Waals surface area (Å²) in [5, 5.41) is 2.39. The van der Waals surface area contributed by atoms with Crippen LogP contribution in [0.2, 0.25) is 0 Å². The first-order valence-corrected chi connectivity index (χ1v) is 7.53. The topological polar surface area (TPSA) is 59.1 Å². The van der Waals surface area contributed by atoms with Crippen molar-refractivity contribution in [1.82, 2.24) is 10.3 Å². The highest BCUT2D eigenvalue weighted by Gasteiger charge is 2.29. The minimum absolute atomic E-state index is 0.176. The summed E-state index contributed by atoms with van der Waals surface area (Å²) in [6.45, 7) is 0. The molecule has 1 aromatic rings. The molecule has 4 heteroatoms. The quantitative estimate of drug-likeness (QED) is 0.842. The molecule has 1 aromatic heterocycles. The van der Waals surface area contributed by atoms with Crippen molar-refractivity contribution in [3.05, 3.63) is 29.6 Å². The van der Waals surface area contributed by atoms with E-state index in [2.05, 4.69) is 16.4 Å². The highest BCUT2D eigenvalue weighted by atomic mass is 16.2. The van der Waals surface area contributed by atoms with Gasteiger partial charge in [0.15, 0.2) is 0 Å².